The number of hydrogen-bond acceptors (Lipinski definition) is 3. The third kappa shape index (κ3) is 5.74. The highest BCUT2D eigenvalue weighted by Crippen LogP contribution is 2.30. The molecular weight excluding hydrogens is 502 g/mol. The van der Waals surface area contributed by atoms with E-state index in [1.807, 2.05) is 6.07 Å². The molecule has 0 spiro atoms. The summed E-state index contributed by atoms with van der Waals surface area (Å²) < 4.78 is 28.8. The van der Waals surface area contributed by atoms with Gasteiger partial charge in [0.25, 0.3) is 11.5 Å². The molecule has 5 rings (SSSR count). The number of fused-ring (bicyclic) bond motifs is 2. The number of benzene rings is 3. The number of rotatable bonds is 8. The van der Waals surface area contributed by atoms with E-state index in [2.05, 4.69) is 5.32 Å². The Labute approximate surface area is 223 Å². The van der Waals surface area contributed by atoms with Gasteiger partial charge < -0.3 is 10.4 Å². The maximum Gasteiger partial charge on any atom is 0.303 e. The van der Waals surface area contributed by atoms with Crippen LogP contribution in [0.15, 0.2) is 71.5 Å². The Hall–Kier alpha value is -4.33. The quantitative estimate of drug-likeness (QED) is 0.279. The van der Waals surface area contributed by atoms with Crippen LogP contribution in [-0.4, -0.2) is 21.6 Å². The summed E-state index contributed by atoms with van der Waals surface area (Å²) in [6.07, 6.45) is 3.80. The number of carbonyl (C=O) groups excluding carboxylic acids is 1. The van der Waals surface area contributed by atoms with Crippen molar-refractivity contribution in [3.05, 3.63) is 111 Å². The number of unbranched alkanes of at least 4 members (excludes halogenated alkanes) is 1. The molecule has 1 aromatic heterocycles. The topological polar surface area (TPSA) is 88.4 Å². The summed E-state index contributed by atoms with van der Waals surface area (Å²) in [5, 5.41) is 13.0. The first kappa shape index (κ1) is 26.3. The summed E-state index contributed by atoms with van der Waals surface area (Å²) in [5.41, 5.74) is 3.06. The number of carboxylic acids is 1. The van der Waals surface area contributed by atoms with Crippen LogP contribution < -0.4 is 10.9 Å². The fourth-order valence-electron chi connectivity index (χ4n) is 5.33. The van der Waals surface area contributed by atoms with Gasteiger partial charge in [0.15, 0.2) is 0 Å². The largest absolute Gasteiger partial charge is 0.481 e. The van der Waals surface area contributed by atoms with E-state index in [0.29, 0.717) is 47.0 Å². The number of carboxylic acid groups (broad SMARTS) is 1. The number of carbonyl (C=O) groups is 2. The molecular formula is C31H28F2N2O4. The molecule has 0 saturated heterocycles. The summed E-state index contributed by atoms with van der Waals surface area (Å²) >= 11 is 0. The molecule has 1 heterocycles. The highest BCUT2D eigenvalue weighted by molar-refractivity contribution is 5.98. The van der Waals surface area contributed by atoms with E-state index in [-0.39, 0.29) is 29.7 Å². The number of pyridine rings is 1. The Morgan fingerprint density at radius 3 is 2.49 bits per heavy atom. The second-order valence-electron chi connectivity index (χ2n) is 9.92. The SMILES string of the molecule is O=C(O)CCCCc1cc2cc(C(=O)NC3CCCc4cc(F)ccc43)ccc2c(=O)n1-c1ccc(F)cc1. The molecule has 1 amide bonds. The van der Waals surface area contributed by atoms with E-state index in [1.54, 1.807) is 24.3 Å². The van der Waals surface area contributed by atoms with Crippen LogP contribution in [0.5, 0.6) is 0 Å². The zero-order valence-electron chi connectivity index (χ0n) is 21.3. The van der Waals surface area contributed by atoms with Gasteiger partial charge in [-0.3, -0.25) is 19.0 Å². The molecule has 0 radical (unpaired) electrons. The molecule has 1 aliphatic rings. The highest BCUT2D eigenvalue weighted by atomic mass is 19.1. The number of halogens is 2. The Kier molecular flexibility index (Phi) is 7.54. The van der Waals surface area contributed by atoms with Crippen molar-refractivity contribution in [3.8, 4) is 5.69 Å². The molecule has 0 fully saturated rings. The average Bonchev–Trinajstić information content (AvgIpc) is 2.91. The van der Waals surface area contributed by atoms with E-state index in [1.165, 1.54) is 41.0 Å². The zero-order valence-corrected chi connectivity index (χ0v) is 21.3. The Bertz CT molecular complexity index is 1610. The highest BCUT2D eigenvalue weighted by Gasteiger charge is 2.23. The van der Waals surface area contributed by atoms with Gasteiger partial charge >= 0.3 is 5.97 Å². The molecule has 3 aromatic carbocycles. The van der Waals surface area contributed by atoms with Crippen molar-refractivity contribution in [1.82, 2.24) is 9.88 Å². The molecule has 8 heteroatoms. The predicted octanol–water partition coefficient (Wildman–Crippen LogP) is 5.87. The summed E-state index contributed by atoms with van der Waals surface area (Å²) in [6.45, 7) is 0. The number of amides is 1. The van der Waals surface area contributed by atoms with E-state index >= 15 is 0 Å². The summed E-state index contributed by atoms with van der Waals surface area (Å²) in [7, 11) is 0. The predicted molar refractivity (Wildman–Crippen MR) is 144 cm³/mol. The van der Waals surface area contributed by atoms with Gasteiger partial charge in [-0.05, 0) is 116 Å². The normalized spacial score (nSPS) is 14.7. The van der Waals surface area contributed by atoms with Crippen molar-refractivity contribution in [2.75, 3.05) is 0 Å². The molecule has 0 bridgehead atoms. The number of aromatic nitrogens is 1. The Morgan fingerprint density at radius 1 is 0.949 bits per heavy atom. The lowest BCUT2D eigenvalue weighted by molar-refractivity contribution is -0.137. The van der Waals surface area contributed by atoms with Gasteiger partial charge in [-0.25, -0.2) is 8.78 Å². The summed E-state index contributed by atoms with van der Waals surface area (Å²) in [4.78, 5) is 37.8. The first-order valence-corrected chi connectivity index (χ1v) is 13.1. The minimum atomic E-state index is -0.884. The van der Waals surface area contributed by atoms with Crippen LogP contribution in [0.25, 0.3) is 16.5 Å². The number of nitrogens with zero attached hydrogens (tertiary/aromatic N) is 1. The molecule has 1 atom stereocenters. The minimum absolute atomic E-state index is 0.0234. The minimum Gasteiger partial charge on any atom is -0.481 e. The fourth-order valence-corrected chi connectivity index (χ4v) is 5.33. The molecule has 4 aromatic rings. The van der Waals surface area contributed by atoms with Crippen LogP contribution in [0.2, 0.25) is 0 Å². The molecule has 39 heavy (non-hydrogen) atoms. The van der Waals surface area contributed by atoms with Crippen molar-refractivity contribution in [2.24, 2.45) is 0 Å². The molecule has 0 saturated carbocycles. The Morgan fingerprint density at radius 2 is 1.72 bits per heavy atom. The van der Waals surface area contributed by atoms with Crippen LogP contribution in [-0.2, 0) is 17.6 Å². The molecule has 2 N–H and O–H groups in total. The van der Waals surface area contributed by atoms with Crippen molar-refractivity contribution in [1.29, 1.82) is 0 Å². The summed E-state index contributed by atoms with van der Waals surface area (Å²) in [6, 6.07) is 16.8. The van der Waals surface area contributed by atoms with Crippen LogP contribution in [0.3, 0.4) is 0 Å². The monoisotopic (exact) mass is 530 g/mol. The number of aliphatic carboxylic acids is 1. The number of hydrogen-bond donors (Lipinski definition) is 2. The first-order chi connectivity index (χ1) is 18.8. The van der Waals surface area contributed by atoms with Crippen molar-refractivity contribution in [3.63, 3.8) is 0 Å². The van der Waals surface area contributed by atoms with Crippen LogP contribution >= 0.6 is 0 Å². The third-order valence-electron chi connectivity index (χ3n) is 7.24. The lowest BCUT2D eigenvalue weighted by atomic mass is 9.87. The van der Waals surface area contributed by atoms with Gasteiger partial charge in [0.05, 0.1) is 6.04 Å². The maximum atomic E-state index is 13.7. The standard InChI is InChI=1S/C31H28F2N2O4/c32-22-9-12-24(13-10-22)35-25(5-1-2-7-29(36)37)18-21-16-20(8-14-27(21)31(35)39)30(38)34-28-6-3-4-19-17-23(33)11-15-26(19)28/h8-18,28H,1-7H2,(H,34,38)(H,36,37). The first-order valence-electron chi connectivity index (χ1n) is 13.1. The lowest BCUT2D eigenvalue weighted by Crippen LogP contribution is -2.31. The second-order valence-corrected chi connectivity index (χ2v) is 9.92. The van der Waals surface area contributed by atoms with Crippen LogP contribution in [0.1, 0.15) is 65.3 Å². The maximum absolute atomic E-state index is 13.7. The van der Waals surface area contributed by atoms with Gasteiger partial charge in [0.1, 0.15) is 11.6 Å². The lowest BCUT2D eigenvalue weighted by Gasteiger charge is -2.26. The second kappa shape index (κ2) is 11.2. The van der Waals surface area contributed by atoms with Gasteiger partial charge in [0.2, 0.25) is 0 Å². The van der Waals surface area contributed by atoms with Crippen molar-refractivity contribution < 1.29 is 23.5 Å². The van der Waals surface area contributed by atoms with Crippen LogP contribution in [0.4, 0.5) is 8.78 Å². The van der Waals surface area contributed by atoms with E-state index < -0.39 is 11.8 Å². The van der Waals surface area contributed by atoms with Crippen molar-refractivity contribution in [2.45, 2.75) is 51.0 Å². The van der Waals surface area contributed by atoms with Gasteiger partial charge in [-0.2, -0.15) is 0 Å². The third-order valence-corrected chi connectivity index (χ3v) is 7.24. The zero-order chi connectivity index (χ0) is 27.5. The van der Waals surface area contributed by atoms with E-state index in [0.717, 1.165) is 30.4 Å². The summed E-state index contributed by atoms with van der Waals surface area (Å²) in [5.74, 6) is -1.88. The molecule has 6 nitrogen and oxygen atoms in total. The fraction of sp³-hybridized carbons (Fsp3) is 0.258. The number of aryl methyl sites for hydroxylation is 2. The van der Waals surface area contributed by atoms with Gasteiger partial charge in [0, 0.05) is 28.8 Å². The average molecular weight is 531 g/mol. The van der Waals surface area contributed by atoms with E-state index in [4.69, 9.17) is 5.11 Å². The molecule has 1 aliphatic carbocycles. The van der Waals surface area contributed by atoms with Crippen molar-refractivity contribution >= 4 is 22.6 Å². The van der Waals surface area contributed by atoms with Gasteiger partial charge in [-0.1, -0.05) is 6.07 Å². The molecule has 0 aliphatic heterocycles. The number of nitrogens with one attached hydrogen (secondary N) is 1. The van der Waals surface area contributed by atoms with Crippen LogP contribution in [0, 0.1) is 11.6 Å². The van der Waals surface area contributed by atoms with E-state index in [9.17, 15) is 23.2 Å². The van der Waals surface area contributed by atoms with Gasteiger partial charge in [-0.15, -0.1) is 0 Å². The molecule has 1 unspecified atom stereocenters. The smallest absolute Gasteiger partial charge is 0.303 e. The Balaban J connectivity index is 1.48. The molecule has 200 valence electrons.